The molecule has 0 aliphatic heterocycles. The lowest BCUT2D eigenvalue weighted by atomic mass is 10.1. The molecular weight excluding hydrogens is 201 g/mol. The highest BCUT2D eigenvalue weighted by molar-refractivity contribution is 5.45. The number of alkyl halides is 3. The van der Waals surface area contributed by atoms with E-state index in [1.807, 2.05) is 0 Å². The van der Waals surface area contributed by atoms with Crippen molar-refractivity contribution in [3.05, 3.63) is 33.6 Å². The van der Waals surface area contributed by atoms with Gasteiger partial charge in [-0.2, -0.15) is 0 Å². The maximum atomic E-state index is 12.2. The Morgan fingerprint density at radius 2 is 2.14 bits per heavy atom. The van der Waals surface area contributed by atoms with E-state index in [0.717, 1.165) is 6.20 Å². The van der Waals surface area contributed by atoms with Gasteiger partial charge in [0.2, 0.25) is 0 Å². The summed E-state index contributed by atoms with van der Waals surface area (Å²) in [4.78, 5) is 12.6. The van der Waals surface area contributed by atoms with Crippen LogP contribution in [0.1, 0.15) is 17.6 Å². The van der Waals surface area contributed by atoms with Gasteiger partial charge in [-0.3, -0.25) is 15.1 Å². The van der Waals surface area contributed by atoms with Gasteiger partial charge in [-0.25, -0.2) is 13.2 Å². The predicted octanol–water partition coefficient (Wildman–Crippen LogP) is 2.40. The molecule has 0 aromatic carbocycles. The fraction of sp³-hybridized carbons (Fsp3) is 0.286. The van der Waals surface area contributed by atoms with Gasteiger partial charge in [0, 0.05) is 12.4 Å². The zero-order chi connectivity index (χ0) is 10.7. The number of rotatable bonds is 3. The lowest BCUT2D eigenvalue weighted by molar-refractivity contribution is -0.387. The van der Waals surface area contributed by atoms with Crippen LogP contribution in [-0.2, 0) is 6.67 Å². The van der Waals surface area contributed by atoms with Crippen LogP contribution < -0.4 is 0 Å². The first-order valence-corrected chi connectivity index (χ1v) is 3.53. The minimum Gasteiger partial charge on any atom is -0.263 e. The molecule has 76 valence electrons. The van der Waals surface area contributed by atoms with Gasteiger partial charge in [-0.1, -0.05) is 0 Å². The molecule has 0 spiro atoms. The van der Waals surface area contributed by atoms with Crippen LogP contribution in [0.2, 0.25) is 0 Å². The Bertz CT molecular complexity index is 357. The van der Waals surface area contributed by atoms with E-state index in [2.05, 4.69) is 4.98 Å². The summed E-state index contributed by atoms with van der Waals surface area (Å²) in [6, 6.07) is 0. The topological polar surface area (TPSA) is 56.0 Å². The number of halogens is 3. The number of aromatic nitrogens is 1. The number of hydrogen-bond donors (Lipinski definition) is 0. The summed E-state index contributed by atoms with van der Waals surface area (Å²) in [5.41, 5.74) is -2.18. The van der Waals surface area contributed by atoms with Gasteiger partial charge in [0.25, 0.3) is 12.1 Å². The number of nitrogens with zero attached hydrogens (tertiary/aromatic N) is 2. The summed E-state index contributed by atoms with van der Waals surface area (Å²) >= 11 is 0. The molecule has 0 radical (unpaired) electrons. The maximum absolute atomic E-state index is 12.2. The molecule has 0 atom stereocenters. The van der Waals surface area contributed by atoms with E-state index >= 15 is 0 Å². The van der Waals surface area contributed by atoms with Crippen LogP contribution in [-0.4, -0.2) is 9.91 Å². The molecule has 7 heteroatoms. The Morgan fingerprint density at radius 1 is 1.50 bits per heavy atom. The maximum Gasteiger partial charge on any atom is 0.287 e. The average molecular weight is 206 g/mol. The zero-order valence-corrected chi connectivity index (χ0v) is 6.78. The molecule has 1 heterocycles. The summed E-state index contributed by atoms with van der Waals surface area (Å²) in [6.45, 7) is -1.19. The largest absolute Gasteiger partial charge is 0.287 e. The van der Waals surface area contributed by atoms with Crippen LogP contribution in [0, 0.1) is 10.1 Å². The molecule has 0 fully saturated rings. The van der Waals surface area contributed by atoms with Crippen molar-refractivity contribution in [1.29, 1.82) is 0 Å². The summed E-state index contributed by atoms with van der Waals surface area (Å²) in [5, 5.41) is 10.4. The highest BCUT2D eigenvalue weighted by Gasteiger charge is 2.25. The van der Waals surface area contributed by atoms with Crippen molar-refractivity contribution < 1.29 is 18.1 Å². The summed E-state index contributed by atoms with van der Waals surface area (Å²) in [5.74, 6) is 0. The van der Waals surface area contributed by atoms with Gasteiger partial charge in [0.05, 0.1) is 10.5 Å². The highest BCUT2D eigenvalue weighted by Crippen LogP contribution is 2.31. The third-order valence-corrected chi connectivity index (χ3v) is 1.58. The first kappa shape index (κ1) is 10.4. The predicted molar refractivity (Wildman–Crippen MR) is 40.7 cm³/mol. The molecular formula is C7H5F3N2O2. The van der Waals surface area contributed by atoms with Crippen molar-refractivity contribution in [2.24, 2.45) is 0 Å². The number of nitro groups is 1. The second-order valence-corrected chi connectivity index (χ2v) is 2.43. The normalized spacial score (nSPS) is 10.6. The number of pyridine rings is 1. The fourth-order valence-electron chi connectivity index (χ4n) is 0.995. The van der Waals surface area contributed by atoms with Crippen molar-refractivity contribution in [3.63, 3.8) is 0 Å². The van der Waals surface area contributed by atoms with Crippen LogP contribution in [0.5, 0.6) is 0 Å². The van der Waals surface area contributed by atoms with Crippen LogP contribution in [0.15, 0.2) is 12.4 Å². The Morgan fingerprint density at radius 3 is 2.57 bits per heavy atom. The summed E-state index contributed by atoms with van der Waals surface area (Å²) in [7, 11) is 0. The lowest BCUT2D eigenvalue weighted by Gasteiger charge is -2.03. The van der Waals surface area contributed by atoms with E-state index in [0.29, 0.717) is 6.20 Å². The van der Waals surface area contributed by atoms with Crippen molar-refractivity contribution in [1.82, 2.24) is 4.98 Å². The molecule has 0 aliphatic carbocycles. The van der Waals surface area contributed by atoms with Crippen LogP contribution in [0.25, 0.3) is 0 Å². The molecule has 0 bridgehead atoms. The first-order chi connectivity index (χ1) is 6.57. The molecule has 1 aromatic heterocycles. The third kappa shape index (κ3) is 1.81. The number of hydrogen-bond acceptors (Lipinski definition) is 3. The van der Waals surface area contributed by atoms with E-state index in [4.69, 9.17) is 0 Å². The molecule has 0 saturated heterocycles. The smallest absolute Gasteiger partial charge is 0.263 e. The Balaban J connectivity index is 3.35. The van der Waals surface area contributed by atoms with Crippen molar-refractivity contribution >= 4 is 5.69 Å². The van der Waals surface area contributed by atoms with Gasteiger partial charge in [-0.15, -0.1) is 0 Å². The van der Waals surface area contributed by atoms with Crippen molar-refractivity contribution in [2.45, 2.75) is 13.1 Å². The zero-order valence-electron chi connectivity index (χ0n) is 6.78. The van der Waals surface area contributed by atoms with E-state index in [1.165, 1.54) is 0 Å². The Kier molecular flexibility index (Phi) is 3.00. The Labute approximate surface area is 76.5 Å². The second-order valence-electron chi connectivity index (χ2n) is 2.43. The molecule has 0 N–H and O–H groups in total. The van der Waals surface area contributed by atoms with Gasteiger partial charge in [-0.05, 0) is 0 Å². The monoisotopic (exact) mass is 206 g/mol. The quantitative estimate of drug-likeness (QED) is 0.563. The van der Waals surface area contributed by atoms with E-state index in [9.17, 15) is 23.3 Å². The lowest BCUT2D eigenvalue weighted by Crippen LogP contribution is -2.01. The third-order valence-electron chi connectivity index (χ3n) is 1.58. The molecule has 14 heavy (non-hydrogen) atoms. The fourth-order valence-corrected chi connectivity index (χ4v) is 0.995. The minimum absolute atomic E-state index is 0.437. The van der Waals surface area contributed by atoms with Gasteiger partial charge < -0.3 is 0 Å². The van der Waals surface area contributed by atoms with E-state index < -0.39 is 34.8 Å². The minimum atomic E-state index is -3.03. The highest BCUT2D eigenvalue weighted by atomic mass is 19.3. The summed E-state index contributed by atoms with van der Waals surface area (Å²) < 4.78 is 36.7. The Hall–Kier alpha value is -1.66. The van der Waals surface area contributed by atoms with Crippen molar-refractivity contribution in [2.75, 3.05) is 0 Å². The molecule has 1 aromatic rings. The molecule has 0 unspecified atom stereocenters. The first-order valence-electron chi connectivity index (χ1n) is 3.53. The van der Waals surface area contributed by atoms with Gasteiger partial charge in [0.1, 0.15) is 12.2 Å². The molecule has 0 aliphatic rings. The van der Waals surface area contributed by atoms with Crippen LogP contribution in [0.3, 0.4) is 0 Å². The van der Waals surface area contributed by atoms with Gasteiger partial charge in [0.15, 0.2) is 0 Å². The van der Waals surface area contributed by atoms with Crippen LogP contribution in [0.4, 0.5) is 18.9 Å². The molecule has 0 amide bonds. The second kappa shape index (κ2) is 4.03. The molecule has 0 saturated carbocycles. The average Bonchev–Trinajstić information content (AvgIpc) is 2.16. The SMILES string of the molecule is O=[N+]([O-])c1c(CF)cncc1C(F)F. The van der Waals surface area contributed by atoms with Crippen molar-refractivity contribution in [3.8, 4) is 0 Å². The van der Waals surface area contributed by atoms with E-state index in [1.54, 1.807) is 0 Å². The van der Waals surface area contributed by atoms with E-state index in [-0.39, 0.29) is 0 Å². The standard InChI is InChI=1S/C7H5F3N2O2/c8-1-4-2-11-3-5(7(9)10)6(4)12(13)14/h2-3,7H,1H2. The van der Waals surface area contributed by atoms with Crippen LogP contribution >= 0.6 is 0 Å². The summed E-state index contributed by atoms with van der Waals surface area (Å²) in [6.07, 6.45) is -1.50. The molecule has 1 rings (SSSR count). The van der Waals surface area contributed by atoms with Gasteiger partial charge >= 0.3 is 0 Å². The molecule has 4 nitrogen and oxygen atoms in total.